The number of rotatable bonds is 2. The molecule has 0 aliphatic carbocycles. The van der Waals surface area contributed by atoms with E-state index in [-0.39, 0.29) is 0 Å². The maximum absolute atomic E-state index is 4.31. The number of nitrogens with one attached hydrogen (secondary N) is 1. The summed E-state index contributed by atoms with van der Waals surface area (Å²) >= 11 is 2.11. The van der Waals surface area contributed by atoms with Crippen molar-refractivity contribution in [1.82, 2.24) is 0 Å². The van der Waals surface area contributed by atoms with Crippen LogP contribution >= 0.6 is 11.8 Å². The van der Waals surface area contributed by atoms with Gasteiger partial charge in [0, 0.05) is 23.3 Å². The quantitative estimate of drug-likeness (QED) is 0.663. The number of thioether (sulfide) groups is 1. The molecule has 1 N–H and O–H groups in total. The molecule has 1 fully saturated rings. The maximum Gasteiger partial charge on any atom is 0.0752 e. The van der Waals surface area contributed by atoms with E-state index in [1.165, 1.54) is 16.4 Å². The van der Waals surface area contributed by atoms with Crippen molar-refractivity contribution >= 4 is 11.8 Å². The van der Waals surface area contributed by atoms with Gasteiger partial charge in [-0.2, -0.15) is 7.05 Å². The lowest BCUT2D eigenvalue weighted by Crippen LogP contribution is -3.18. The summed E-state index contributed by atoms with van der Waals surface area (Å²) in [7, 11) is 4.31. The number of quaternary nitrogens is 1. The Morgan fingerprint density at radius 3 is 1.77 bits per heavy atom. The van der Waals surface area contributed by atoms with Gasteiger partial charge in [0.15, 0.2) is 0 Å². The molecule has 0 unspecified atom stereocenters. The third kappa shape index (κ3) is 2.63. The van der Waals surface area contributed by atoms with Crippen LogP contribution in [0.1, 0.15) is 27.7 Å². The zero-order valence-corrected chi connectivity index (χ0v) is 10.2. The fraction of sp³-hybridized carbons (Fsp3) is 0.909. The van der Waals surface area contributed by atoms with Crippen molar-refractivity contribution in [2.45, 2.75) is 39.8 Å². The van der Waals surface area contributed by atoms with Crippen molar-refractivity contribution in [3.05, 3.63) is 7.05 Å². The van der Waals surface area contributed by atoms with Gasteiger partial charge in [0.2, 0.25) is 0 Å². The summed E-state index contributed by atoms with van der Waals surface area (Å²) in [5.41, 5.74) is 0. The third-order valence-corrected chi connectivity index (χ3v) is 4.35. The summed E-state index contributed by atoms with van der Waals surface area (Å²) in [4.78, 5) is 1.52. The molecule has 1 saturated heterocycles. The average Bonchev–Trinajstić information content (AvgIpc) is 2.03. The highest BCUT2D eigenvalue weighted by molar-refractivity contribution is 7.99. The van der Waals surface area contributed by atoms with Crippen LogP contribution in [-0.2, 0) is 0 Å². The van der Waals surface area contributed by atoms with E-state index in [0.717, 1.165) is 23.9 Å². The molecule has 0 aromatic carbocycles. The molecule has 78 valence electrons. The minimum atomic E-state index is 0.756. The molecule has 0 aromatic rings. The molecule has 1 rings (SSSR count). The minimum absolute atomic E-state index is 0.756. The van der Waals surface area contributed by atoms with Crippen LogP contribution in [0, 0.1) is 18.9 Å². The van der Waals surface area contributed by atoms with Gasteiger partial charge in [0.05, 0.1) is 12.1 Å². The fourth-order valence-corrected chi connectivity index (χ4v) is 3.89. The van der Waals surface area contributed by atoms with Gasteiger partial charge >= 0.3 is 0 Å². The molecule has 13 heavy (non-hydrogen) atoms. The highest BCUT2D eigenvalue weighted by atomic mass is 32.2. The van der Waals surface area contributed by atoms with E-state index in [1.54, 1.807) is 0 Å². The Bertz CT molecular complexity index is 140. The van der Waals surface area contributed by atoms with Crippen LogP contribution in [-0.4, -0.2) is 23.6 Å². The minimum Gasteiger partial charge on any atom is -0.461 e. The van der Waals surface area contributed by atoms with Crippen LogP contribution in [0.4, 0.5) is 0 Å². The molecule has 1 aliphatic heterocycles. The summed E-state index contributed by atoms with van der Waals surface area (Å²) in [6.45, 7) is 9.27. The van der Waals surface area contributed by atoms with Crippen LogP contribution in [0.15, 0.2) is 0 Å². The molecule has 1 heterocycles. The molecule has 2 atom stereocenters. The fourth-order valence-electron chi connectivity index (χ4n) is 2.05. The average molecular weight is 201 g/mol. The predicted octanol–water partition coefficient (Wildman–Crippen LogP) is 1.46. The first-order valence-electron chi connectivity index (χ1n) is 5.30. The Kier molecular flexibility index (Phi) is 4.11. The van der Waals surface area contributed by atoms with Crippen LogP contribution in [0.3, 0.4) is 0 Å². The van der Waals surface area contributed by atoms with E-state index < -0.39 is 0 Å². The van der Waals surface area contributed by atoms with Crippen LogP contribution < -0.4 is 4.90 Å². The Balaban J connectivity index is 2.60. The first-order chi connectivity index (χ1) is 6.04. The highest BCUT2D eigenvalue weighted by Crippen LogP contribution is 2.17. The van der Waals surface area contributed by atoms with E-state index in [2.05, 4.69) is 46.5 Å². The molecule has 0 aromatic heterocycles. The van der Waals surface area contributed by atoms with E-state index in [0.29, 0.717) is 0 Å². The van der Waals surface area contributed by atoms with Crippen LogP contribution in [0.5, 0.6) is 0 Å². The Morgan fingerprint density at radius 2 is 1.46 bits per heavy atom. The van der Waals surface area contributed by atoms with Gasteiger partial charge in [-0.15, -0.1) is 11.8 Å². The second-order valence-electron chi connectivity index (χ2n) is 4.81. The lowest BCUT2D eigenvalue weighted by Gasteiger charge is -2.45. The molecule has 0 bridgehead atoms. The van der Waals surface area contributed by atoms with E-state index in [1.807, 2.05) is 0 Å². The van der Waals surface area contributed by atoms with Crippen molar-refractivity contribution in [3.63, 3.8) is 0 Å². The van der Waals surface area contributed by atoms with Gasteiger partial charge in [0.1, 0.15) is 0 Å². The highest BCUT2D eigenvalue weighted by Gasteiger charge is 2.31. The Labute approximate surface area is 87.3 Å². The standard InChI is InChI=1S/C11H23NS/c1-8(2)10-6-13-7-11(9(3)4)12(10)5/h8-12H,5-7H2,1-4H3/t10-,11-/m0/s1. The number of hydrogen-bond donors (Lipinski definition) is 1. The molecule has 0 radical (unpaired) electrons. The third-order valence-electron chi connectivity index (χ3n) is 3.16. The van der Waals surface area contributed by atoms with Gasteiger partial charge in [-0.1, -0.05) is 27.7 Å². The molecule has 0 saturated carbocycles. The zero-order valence-electron chi connectivity index (χ0n) is 9.34. The molecule has 1 aliphatic rings. The SMILES string of the molecule is [CH2-][NH+]1[C@H](C(C)C)CSC[C@H]1C(C)C. The van der Waals surface area contributed by atoms with Gasteiger partial charge in [-0.3, -0.25) is 0 Å². The Hall–Kier alpha value is 0.310. The van der Waals surface area contributed by atoms with Crippen molar-refractivity contribution in [2.24, 2.45) is 11.8 Å². The van der Waals surface area contributed by atoms with Crippen molar-refractivity contribution in [1.29, 1.82) is 0 Å². The van der Waals surface area contributed by atoms with Crippen LogP contribution in [0.2, 0.25) is 0 Å². The van der Waals surface area contributed by atoms with Gasteiger partial charge in [-0.05, 0) is 0 Å². The first kappa shape index (κ1) is 11.4. The zero-order chi connectivity index (χ0) is 10.0. The van der Waals surface area contributed by atoms with Gasteiger partial charge in [-0.25, -0.2) is 0 Å². The largest absolute Gasteiger partial charge is 0.461 e. The van der Waals surface area contributed by atoms with Crippen LogP contribution in [0.25, 0.3) is 0 Å². The molecular formula is C11H23NS. The molecule has 0 spiro atoms. The van der Waals surface area contributed by atoms with Gasteiger partial charge < -0.3 is 4.90 Å². The van der Waals surface area contributed by atoms with Crippen molar-refractivity contribution in [2.75, 3.05) is 11.5 Å². The van der Waals surface area contributed by atoms with Gasteiger partial charge in [0.25, 0.3) is 0 Å². The summed E-state index contributed by atoms with van der Waals surface area (Å²) in [5.74, 6) is 4.11. The van der Waals surface area contributed by atoms with Crippen molar-refractivity contribution in [3.8, 4) is 0 Å². The molecular weight excluding hydrogens is 178 g/mol. The van der Waals surface area contributed by atoms with E-state index in [9.17, 15) is 0 Å². The Morgan fingerprint density at radius 1 is 1.08 bits per heavy atom. The lowest BCUT2D eigenvalue weighted by atomic mass is 9.98. The van der Waals surface area contributed by atoms with E-state index in [4.69, 9.17) is 0 Å². The normalized spacial score (nSPS) is 31.6. The molecule has 2 heteroatoms. The first-order valence-corrected chi connectivity index (χ1v) is 6.46. The summed E-state index contributed by atoms with van der Waals surface area (Å²) in [5, 5.41) is 0. The molecule has 1 nitrogen and oxygen atoms in total. The summed E-state index contributed by atoms with van der Waals surface area (Å²) in [6.07, 6.45) is 0. The topological polar surface area (TPSA) is 4.44 Å². The predicted molar refractivity (Wildman–Crippen MR) is 60.9 cm³/mol. The molecule has 0 amide bonds. The van der Waals surface area contributed by atoms with E-state index >= 15 is 0 Å². The lowest BCUT2D eigenvalue weighted by molar-refractivity contribution is -0.910. The second kappa shape index (κ2) is 4.70. The smallest absolute Gasteiger partial charge is 0.0752 e. The van der Waals surface area contributed by atoms with Crippen molar-refractivity contribution < 1.29 is 4.90 Å². The monoisotopic (exact) mass is 201 g/mol. The number of hydrogen-bond acceptors (Lipinski definition) is 1. The summed E-state index contributed by atoms with van der Waals surface area (Å²) in [6, 6.07) is 1.51. The second-order valence-corrected chi connectivity index (χ2v) is 5.89. The maximum atomic E-state index is 4.31. The summed E-state index contributed by atoms with van der Waals surface area (Å²) < 4.78 is 0.